The van der Waals surface area contributed by atoms with Gasteiger partial charge in [0, 0.05) is 0 Å². The van der Waals surface area contributed by atoms with Gasteiger partial charge in [0.15, 0.2) is 0 Å². The molecule has 0 spiro atoms. The van der Waals surface area contributed by atoms with Crippen molar-refractivity contribution in [3.63, 3.8) is 0 Å². The van der Waals surface area contributed by atoms with E-state index in [4.69, 9.17) is 0 Å². The van der Waals surface area contributed by atoms with Crippen molar-refractivity contribution >= 4 is 6.04 Å². The van der Waals surface area contributed by atoms with Gasteiger partial charge in [-0.25, -0.2) is 0 Å². The molecule has 19 heavy (non-hydrogen) atoms. The quantitative estimate of drug-likeness (QED) is 0.593. The molecule has 1 aliphatic carbocycles. The lowest BCUT2D eigenvalue weighted by atomic mass is 9.85. The van der Waals surface area contributed by atoms with E-state index in [-0.39, 0.29) is 6.42 Å². The normalized spacial score (nSPS) is 29.3. The van der Waals surface area contributed by atoms with Crippen LogP contribution < -0.4 is 0 Å². The van der Waals surface area contributed by atoms with E-state index in [1.807, 2.05) is 0 Å². The smallest absolute Gasteiger partial charge is 0.286 e. The Morgan fingerprint density at radius 1 is 0.895 bits per heavy atom. The van der Waals surface area contributed by atoms with Crippen LogP contribution in [0, 0.1) is 5.92 Å². The molecule has 1 rings (SSSR count). The second-order valence-corrected chi connectivity index (χ2v) is 4.02. The molecule has 0 saturated heterocycles. The van der Waals surface area contributed by atoms with Crippen LogP contribution in [0.2, 0.25) is 0 Å². The molecular formula is C9H9F7O3. The molecule has 0 radical (unpaired) electrons. The summed E-state index contributed by atoms with van der Waals surface area (Å²) in [6, 6.07) is -1.87. The monoisotopic (exact) mass is 298 g/mol. The van der Waals surface area contributed by atoms with Crippen molar-refractivity contribution in [2.45, 2.75) is 44.2 Å². The molecule has 10 heteroatoms. The van der Waals surface area contributed by atoms with Crippen LogP contribution in [0.5, 0.6) is 0 Å². The summed E-state index contributed by atoms with van der Waals surface area (Å²) in [6.45, 7) is 0. The van der Waals surface area contributed by atoms with Crippen LogP contribution in [0.15, 0.2) is 0 Å². The SMILES string of the molecule is O=C(F)C1CCC(OC(F)(F)F)C(OC(F)(F)F)C1. The summed E-state index contributed by atoms with van der Waals surface area (Å²) in [5.41, 5.74) is 0. The third-order valence-electron chi connectivity index (χ3n) is 2.62. The molecule has 3 atom stereocenters. The third-order valence-corrected chi connectivity index (χ3v) is 2.62. The summed E-state index contributed by atoms with van der Waals surface area (Å²) in [6.07, 6.45) is -16.0. The van der Waals surface area contributed by atoms with Crippen molar-refractivity contribution in [3.05, 3.63) is 0 Å². The summed E-state index contributed by atoms with van der Waals surface area (Å²) in [5, 5.41) is 0. The van der Waals surface area contributed by atoms with E-state index < -0.39 is 49.7 Å². The molecule has 112 valence electrons. The fraction of sp³-hybridized carbons (Fsp3) is 0.889. The van der Waals surface area contributed by atoms with Gasteiger partial charge in [-0.05, 0) is 19.3 Å². The Bertz CT molecular complexity index is 325. The van der Waals surface area contributed by atoms with Gasteiger partial charge in [-0.15, -0.1) is 26.3 Å². The average Bonchev–Trinajstić information content (AvgIpc) is 2.15. The average molecular weight is 298 g/mol. The lowest BCUT2D eigenvalue weighted by Crippen LogP contribution is -2.44. The number of hydrogen-bond donors (Lipinski definition) is 0. The largest absolute Gasteiger partial charge is 0.522 e. The van der Waals surface area contributed by atoms with Crippen LogP contribution in [0.1, 0.15) is 19.3 Å². The molecule has 3 unspecified atom stereocenters. The molecule has 1 saturated carbocycles. The lowest BCUT2D eigenvalue weighted by Gasteiger charge is -2.34. The van der Waals surface area contributed by atoms with Crippen LogP contribution in [-0.4, -0.2) is 31.0 Å². The topological polar surface area (TPSA) is 35.5 Å². The van der Waals surface area contributed by atoms with Gasteiger partial charge in [-0.3, -0.25) is 14.3 Å². The van der Waals surface area contributed by atoms with Crippen molar-refractivity contribution in [2.75, 3.05) is 0 Å². The minimum atomic E-state index is -5.20. The second-order valence-electron chi connectivity index (χ2n) is 4.02. The summed E-state index contributed by atoms with van der Waals surface area (Å²) in [4.78, 5) is 10.4. The van der Waals surface area contributed by atoms with E-state index in [1.54, 1.807) is 0 Å². The summed E-state index contributed by atoms with van der Waals surface area (Å²) >= 11 is 0. The van der Waals surface area contributed by atoms with Gasteiger partial charge >= 0.3 is 18.8 Å². The van der Waals surface area contributed by atoms with Crippen LogP contribution in [0.3, 0.4) is 0 Å². The molecule has 1 fully saturated rings. The fourth-order valence-electron chi connectivity index (χ4n) is 1.91. The Morgan fingerprint density at radius 2 is 1.37 bits per heavy atom. The van der Waals surface area contributed by atoms with Gasteiger partial charge in [0.2, 0.25) is 0 Å². The standard InChI is InChI=1S/C9H9F7O3/c10-7(17)4-1-2-5(18-8(11,12)13)6(3-4)19-9(14,15)16/h4-6H,1-3H2. The van der Waals surface area contributed by atoms with Crippen molar-refractivity contribution in [1.82, 2.24) is 0 Å². The van der Waals surface area contributed by atoms with E-state index in [1.165, 1.54) is 0 Å². The maximum Gasteiger partial charge on any atom is 0.522 e. The number of hydrogen-bond acceptors (Lipinski definition) is 3. The predicted octanol–water partition coefficient (Wildman–Crippen LogP) is 3.09. The molecule has 0 bridgehead atoms. The Morgan fingerprint density at radius 3 is 1.79 bits per heavy atom. The van der Waals surface area contributed by atoms with Gasteiger partial charge in [0.1, 0.15) is 0 Å². The van der Waals surface area contributed by atoms with Gasteiger partial charge < -0.3 is 0 Å². The number of alkyl halides is 6. The van der Waals surface area contributed by atoms with Gasteiger partial charge in [-0.1, -0.05) is 0 Å². The number of halogens is 7. The Labute approximate surface area is 102 Å². The minimum absolute atomic E-state index is 0.326. The minimum Gasteiger partial charge on any atom is -0.286 e. The molecule has 0 aliphatic heterocycles. The highest BCUT2D eigenvalue weighted by atomic mass is 19.4. The van der Waals surface area contributed by atoms with E-state index >= 15 is 0 Å². The first-order valence-electron chi connectivity index (χ1n) is 5.16. The number of ether oxygens (including phenoxy) is 2. The third kappa shape index (κ3) is 5.72. The van der Waals surface area contributed by atoms with Crippen molar-refractivity contribution in [2.24, 2.45) is 5.92 Å². The van der Waals surface area contributed by atoms with Crippen LogP contribution in [0.4, 0.5) is 30.7 Å². The van der Waals surface area contributed by atoms with Crippen LogP contribution in [0.25, 0.3) is 0 Å². The molecule has 3 nitrogen and oxygen atoms in total. The molecule has 0 aromatic carbocycles. The first kappa shape index (κ1) is 16.2. The van der Waals surface area contributed by atoms with E-state index in [2.05, 4.69) is 9.47 Å². The molecule has 0 heterocycles. The van der Waals surface area contributed by atoms with Gasteiger partial charge in [0.25, 0.3) is 0 Å². The summed E-state index contributed by atoms with van der Waals surface area (Å²) < 4.78 is 91.5. The molecule has 1 aliphatic rings. The first-order chi connectivity index (χ1) is 8.48. The highest BCUT2D eigenvalue weighted by Gasteiger charge is 2.46. The van der Waals surface area contributed by atoms with Crippen molar-refractivity contribution in [3.8, 4) is 0 Å². The number of carbonyl (C=O) groups is 1. The van der Waals surface area contributed by atoms with Crippen molar-refractivity contribution < 1.29 is 45.0 Å². The number of rotatable bonds is 3. The molecule has 0 N–H and O–H groups in total. The molecule has 0 amide bonds. The molecule has 0 aromatic heterocycles. The van der Waals surface area contributed by atoms with E-state index in [9.17, 15) is 35.5 Å². The fourth-order valence-corrected chi connectivity index (χ4v) is 1.91. The zero-order valence-electron chi connectivity index (χ0n) is 9.22. The molecular weight excluding hydrogens is 289 g/mol. The van der Waals surface area contributed by atoms with Crippen LogP contribution >= 0.6 is 0 Å². The highest BCUT2D eigenvalue weighted by molar-refractivity contribution is 5.71. The summed E-state index contributed by atoms with van der Waals surface area (Å²) in [5.74, 6) is -1.40. The van der Waals surface area contributed by atoms with E-state index in [0.29, 0.717) is 0 Å². The van der Waals surface area contributed by atoms with Gasteiger partial charge in [0.05, 0.1) is 18.1 Å². The number of carbonyl (C=O) groups excluding carboxylic acids is 1. The first-order valence-corrected chi connectivity index (χ1v) is 5.16. The van der Waals surface area contributed by atoms with Gasteiger partial charge in [-0.2, -0.15) is 4.39 Å². The maximum atomic E-state index is 12.4. The zero-order valence-corrected chi connectivity index (χ0v) is 9.22. The lowest BCUT2D eigenvalue weighted by molar-refractivity contribution is -0.392. The maximum absolute atomic E-state index is 12.4. The Balaban J connectivity index is 2.76. The predicted molar refractivity (Wildman–Crippen MR) is 45.3 cm³/mol. The molecule has 0 aromatic rings. The second kappa shape index (κ2) is 5.61. The summed E-state index contributed by atoms with van der Waals surface area (Å²) in [7, 11) is 0. The van der Waals surface area contributed by atoms with E-state index in [0.717, 1.165) is 0 Å². The Kier molecular flexibility index (Phi) is 4.77. The zero-order chi connectivity index (χ0) is 14.8. The van der Waals surface area contributed by atoms with Crippen molar-refractivity contribution in [1.29, 1.82) is 0 Å². The highest BCUT2D eigenvalue weighted by Crippen LogP contribution is 2.36. The Hall–Kier alpha value is -0.900. The van der Waals surface area contributed by atoms with Crippen LogP contribution in [-0.2, 0) is 14.3 Å².